The highest BCUT2D eigenvalue weighted by Crippen LogP contribution is 2.27. The van der Waals surface area contributed by atoms with Gasteiger partial charge in [-0.15, -0.1) is 11.6 Å². The molecule has 0 aliphatic rings. The van der Waals surface area contributed by atoms with E-state index in [1.807, 2.05) is 19.1 Å². The minimum atomic E-state index is -2.08. The van der Waals surface area contributed by atoms with Crippen molar-refractivity contribution < 1.29 is 9.09 Å². The highest BCUT2D eigenvalue weighted by molar-refractivity contribution is 7.41. The molecule has 1 atom stereocenters. The van der Waals surface area contributed by atoms with Crippen molar-refractivity contribution in [3.05, 3.63) is 29.8 Å². The molecule has 1 unspecified atom stereocenters. The van der Waals surface area contributed by atoms with Gasteiger partial charge in [-0.05, 0) is 19.1 Å². The van der Waals surface area contributed by atoms with Crippen molar-refractivity contribution in [2.75, 3.05) is 5.62 Å². The number of halogens is 1. The van der Waals surface area contributed by atoms with Crippen molar-refractivity contribution >= 4 is 19.6 Å². The molecule has 4 heteroatoms. The Labute approximate surface area is 77.4 Å². The van der Waals surface area contributed by atoms with Crippen LogP contribution in [0.3, 0.4) is 0 Å². The number of alkyl halides is 1. The van der Waals surface area contributed by atoms with Crippen LogP contribution in [0.4, 0.5) is 0 Å². The van der Waals surface area contributed by atoms with E-state index in [0.717, 1.165) is 5.56 Å². The van der Waals surface area contributed by atoms with Crippen LogP contribution in [-0.4, -0.2) is 5.62 Å². The van der Waals surface area contributed by atoms with Crippen molar-refractivity contribution in [3.8, 4) is 5.75 Å². The molecule has 12 heavy (non-hydrogen) atoms. The maximum atomic E-state index is 10.9. The highest BCUT2D eigenvalue weighted by Gasteiger charge is 1.98. The molecular formula is C8H10ClO2P. The van der Waals surface area contributed by atoms with Crippen LogP contribution >= 0.6 is 19.6 Å². The summed E-state index contributed by atoms with van der Waals surface area (Å²) in [6.45, 7) is 1.98. The molecule has 0 heterocycles. The molecule has 0 saturated heterocycles. The first-order chi connectivity index (χ1) is 5.72. The molecule has 0 amide bonds. The molecule has 2 nitrogen and oxygen atoms in total. The van der Waals surface area contributed by atoms with E-state index in [2.05, 4.69) is 0 Å². The molecular weight excluding hydrogens is 195 g/mol. The van der Waals surface area contributed by atoms with Crippen LogP contribution in [0.1, 0.15) is 5.56 Å². The second kappa shape index (κ2) is 4.54. The van der Waals surface area contributed by atoms with Gasteiger partial charge in [0.1, 0.15) is 11.4 Å². The maximum absolute atomic E-state index is 10.9. The summed E-state index contributed by atoms with van der Waals surface area (Å²) in [5, 5.41) is 0. The molecule has 66 valence electrons. The van der Waals surface area contributed by atoms with Gasteiger partial charge >= 0.3 is 0 Å². The van der Waals surface area contributed by atoms with E-state index in [0.29, 0.717) is 5.75 Å². The third-order valence-electron chi connectivity index (χ3n) is 1.36. The maximum Gasteiger partial charge on any atom is 0.250 e. The predicted molar refractivity (Wildman–Crippen MR) is 51.5 cm³/mol. The van der Waals surface area contributed by atoms with Gasteiger partial charge in [-0.2, -0.15) is 0 Å². The molecule has 0 N–H and O–H groups in total. The summed E-state index contributed by atoms with van der Waals surface area (Å²) >= 11 is 5.34. The van der Waals surface area contributed by atoms with Crippen LogP contribution in [0.5, 0.6) is 5.75 Å². The molecule has 0 fully saturated rings. The van der Waals surface area contributed by atoms with E-state index in [9.17, 15) is 4.57 Å². The molecule has 0 aliphatic carbocycles. The number of aryl methyl sites for hydroxylation is 1. The van der Waals surface area contributed by atoms with Gasteiger partial charge in [0.2, 0.25) is 0 Å². The third kappa shape index (κ3) is 2.88. The van der Waals surface area contributed by atoms with Gasteiger partial charge in [0.25, 0.3) is 8.03 Å². The third-order valence-corrected chi connectivity index (χ3v) is 2.70. The zero-order valence-electron chi connectivity index (χ0n) is 6.71. The van der Waals surface area contributed by atoms with Crippen LogP contribution in [0, 0.1) is 6.92 Å². The summed E-state index contributed by atoms with van der Waals surface area (Å²) in [7, 11) is -2.08. The van der Waals surface area contributed by atoms with Crippen LogP contribution < -0.4 is 4.52 Å². The first-order valence-corrected chi connectivity index (χ1v) is 5.61. The lowest BCUT2D eigenvalue weighted by molar-refractivity contribution is 0.509. The van der Waals surface area contributed by atoms with Crippen molar-refractivity contribution in [1.82, 2.24) is 0 Å². The Balaban J connectivity index is 2.64. The van der Waals surface area contributed by atoms with Crippen molar-refractivity contribution in [2.45, 2.75) is 6.92 Å². The standard InChI is InChI=1S/C8H10ClO2P/c1-7-2-4-8(5-3-7)11-12(10)6-9/h2-5,12H,6H2,1H3. The SMILES string of the molecule is Cc1ccc(O[PH](=O)CCl)cc1. The minimum absolute atomic E-state index is 0.0680. The van der Waals surface area contributed by atoms with Gasteiger partial charge in [-0.1, -0.05) is 17.7 Å². The predicted octanol–water partition coefficient (Wildman–Crippen LogP) is 3.04. The average Bonchev–Trinajstić information content (AvgIpc) is 2.09. The summed E-state index contributed by atoms with van der Waals surface area (Å²) in [6, 6.07) is 7.37. The molecule has 0 aliphatic heterocycles. The summed E-state index contributed by atoms with van der Waals surface area (Å²) < 4.78 is 15.9. The number of hydrogen-bond donors (Lipinski definition) is 0. The summed E-state index contributed by atoms with van der Waals surface area (Å²) in [5.41, 5.74) is 1.21. The molecule has 1 aromatic carbocycles. The number of benzene rings is 1. The van der Waals surface area contributed by atoms with Crippen LogP contribution in [0.25, 0.3) is 0 Å². The fourth-order valence-corrected chi connectivity index (χ4v) is 1.38. The minimum Gasteiger partial charge on any atom is -0.444 e. The van der Waals surface area contributed by atoms with E-state index in [1.54, 1.807) is 12.1 Å². The van der Waals surface area contributed by atoms with E-state index in [1.165, 1.54) is 0 Å². The van der Waals surface area contributed by atoms with Crippen LogP contribution in [-0.2, 0) is 4.57 Å². The van der Waals surface area contributed by atoms with E-state index < -0.39 is 8.03 Å². The zero-order chi connectivity index (χ0) is 8.97. The smallest absolute Gasteiger partial charge is 0.250 e. The molecule has 0 spiro atoms. The summed E-state index contributed by atoms with van der Waals surface area (Å²) in [4.78, 5) is 0. The molecule has 1 rings (SSSR count). The quantitative estimate of drug-likeness (QED) is 0.559. The largest absolute Gasteiger partial charge is 0.444 e. The van der Waals surface area contributed by atoms with E-state index in [4.69, 9.17) is 16.1 Å². The lowest BCUT2D eigenvalue weighted by Crippen LogP contribution is -1.81. The van der Waals surface area contributed by atoms with Gasteiger partial charge in [0, 0.05) is 0 Å². The Morgan fingerprint density at radius 1 is 1.42 bits per heavy atom. The van der Waals surface area contributed by atoms with E-state index >= 15 is 0 Å². The molecule has 0 aromatic heterocycles. The van der Waals surface area contributed by atoms with Crippen molar-refractivity contribution in [3.63, 3.8) is 0 Å². The fourth-order valence-electron chi connectivity index (χ4n) is 0.765. The molecule has 1 aromatic rings. The van der Waals surface area contributed by atoms with Gasteiger partial charge < -0.3 is 4.52 Å². The first kappa shape index (κ1) is 9.63. The Bertz CT molecular complexity index is 271. The van der Waals surface area contributed by atoms with Crippen molar-refractivity contribution in [1.29, 1.82) is 0 Å². The van der Waals surface area contributed by atoms with Crippen LogP contribution in [0.2, 0.25) is 0 Å². The second-order valence-corrected chi connectivity index (χ2v) is 4.44. The normalized spacial score (nSPS) is 12.5. The topological polar surface area (TPSA) is 26.3 Å². The monoisotopic (exact) mass is 204 g/mol. The Kier molecular flexibility index (Phi) is 3.64. The Hall–Kier alpha value is -0.460. The highest BCUT2D eigenvalue weighted by atomic mass is 35.5. The fraction of sp³-hybridized carbons (Fsp3) is 0.250. The number of hydrogen-bond acceptors (Lipinski definition) is 2. The first-order valence-electron chi connectivity index (χ1n) is 3.55. The lowest BCUT2D eigenvalue weighted by atomic mass is 10.2. The van der Waals surface area contributed by atoms with Gasteiger partial charge in [-0.3, -0.25) is 4.57 Å². The van der Waals surface area contributed by atoms with Gasteiger partial charge in [-0.25, -0.2) is 0 Å². The molecule has 0 bridgehead atoms. The second-order valence-electron chi connectivity index (χ2n) is 2.42. The van der Waals surface area contributed by atoms with Crippen molar-refractivity contribution in [2.24, 2.45) is 0 Å². The molecule has 0 radical (unpaired) electrons. The van der Waals surface area contributed by atoms with Crippen LogP contribution in [0.15, 0.2) is 24.3 Å². The molecule has 0 saturated carbocycles. The van der Waals surface area contributed by atoms with E-state index in [-0.39, 0.29) is 5.62 Å². The van der Waals surface area contributed by atoms with Gasteiger partial charge in [0.15, 0.2) is 0 Å². The Morgan fingerprint density at radius 3 is 2.50 bits per heavy atom. The zero-order valence-corrected chi connectivity index (χ0v) is 8.47. The summed E-state index contributed by atoms with van der Waals surface area (Å²) in [6.07, 6.45) is 0. The lowest BCUT2D eigenvalue weighted by Gasteiger charge is -2.02. The summed E-state index contributed by atoms with van der Waals surface area (Å²) in [5.74, 6) is 0.616. The van der Waals surface area contributed by atoms with Gasteiger partial charge in [0.05, 0.1) is 0 Å². The Morgan fingerprint density at radius 2 is 2.00 bits per heavy atom. The average molecular weight is 205 g/mol. The number of rotatable bonds is 3.